The summed E-state index contributed by atoms with van der Waals surface area (Å²) < 4.78 is 17.1. The van der Waals surface area contributed by atoms with Crippen molar-refractivity contribution < 1.29 is 14.2 Å². The van der Waals surface area contributed by atoms with E-state index in [1.54, 1.807) is 0 Å². The summed E-state index contributed by atoms with van der Waals surface area (Å²) in [6.07, 6.45) is 1.15. The molecule has 0 amide bonds. The van der Waals surface area contributed by atoms with Crippen molar-refractivity contribution in [2.75, 3.05) is 19.8 Å². The van der Waals surface area contributed by atoms with Gasteiger partial charge < -0.3 is 14.2 Å². The molecule has 0 aromatic heterocycles. The third kappa shape index (κ3) is 3.67. The van der Waals surface area contributed by atoms with E-state index in [9.17, 15) is 0 Å². The summed E-state index contributed by atoms with van der Waals surface area (Å²) in [5.41, 5.74) is 3.95. The second kappa shape index (κ2) is 7.64. The standard InChI is InChI=1S/C16H26N2O3/c1-4-19-13-7-6-12(10-14(13)20-5-2)15(18-17)16-11(3)8-9-21-16/h6-7,10-11,15-16,18H,4-5,8-9,17H2,1-3H3. The van der Waals surface area contributed by atoms with Gasteiger partial charge in [0.2, 0.25) is 0 Å². The minimum atomic E-state index is -0.0441. The monoisotopic (exact) mass is 294 g/mol. The van der Waals surface area contributed by atoms with E-state index in [1.807, 2.05) is 32.0 Å². The van der Waals surface area contributed by atoms with Crippen LogP contribution in [0.3, 0.4) is 0 Å². The number of hydrogen-bond acceptors (Lipinski definition) is 5. The van der Waals surface area contributed by atoms with Crippen LogP contribution in [0.2, 0.25) is 0 Å². The summed E-state index contributed by atoms with van der Waals surface area (Å²) in [6, 6.07) is 5.91. The lowest BCUT2D eigenvalue weighted by Gasteiger charge is -2.26. The van der Waals surface area contributed by atoms with Crippen molar-refractivity contribution in [2.45, 2.75) is 39.3 Å². The first-order valence-electron chi connectivity index (χ1n) is 7.68. The smallest absolute Gasteiger partial charge is 0.161 e. The average Bonchev–Trinajstić information content (AvgIpc) is 2.89. The van der Waals surface area contributed by atoms with Crippen LogP contribution in [0.15, 0.2) is 18.2 Å². The topological polar surface area (TPSA) is 65.7 Å². The van der Waals surface area contributed by atoms with Crippen molar-refractivity contribution in [3.8, 4) is 11.5 Å². The minimum absolute atomic E-state index is 0.0441. The Hall–Kier alpha value is -1.30. The van der Waals surface area contributed by atoms with Gasteiger partial charge in [0.15, 0.2) is 11.5 Å². The fourth-order valence-electron chi connectivity index (χ4n) is 2.79. The molecule has 1 heterocycles. The van der Waals surface area contributed by atoms with E-state index in [1.165, 1.54) is 0 Å². The second-order valence-electron chi connectivity index (χ2n) is 5.32. The van der Waals surface area contributed by atoms with E-state index in [-0.39, 0.29) is 12.1 Å². The van der Waals surface area contributed by atoms with Gasteiger partial charge in [-0.15, -0.1) is 0 Å². The summed E-state index contributed by atoms with van der Waals surface area (Å²) in [6.45, 7) is 8.12. The molecule has 5 nitrogen and oxygen atoms in total. The molecule has 3 N–H and O–H groups in total. The number of nitrogens with two attached hydrogens (primary N) is 1. The van der Waals surface area contributed by atoms with Gasteiger partial charge in [-0.3, -0.25) is 11.3 Å². The first-order chi connectivity index (χ1) is 10.2. The van der Waals surface area contributed by atoms with Gasteiger partial charge in [-0.1, -0.05) is 13.0 Å². The maximum atomic E-state index is 5.84. The Morgan fingerprint density at radius 2 is 2.00 bits per heavy atom. The molecule has 1 aliphatic rings. The normalized spacial score (nSPS) is 23.0. The molecule has 0 bridgehead atoms. The predicted molar refractivity (Wildman–Crippen MR) is 82.4 cm³/mol. The third-order valence-corrected chi connectivity index (χ3v) is 3.88. The highest BCUT2D eigenvalue weighted by Crippen LogP contribution is 2.35. The lowest BCUT2D eigenvalue weighted by atomic mass is 9.93. The van der Waals surface area contributed by atoms with Gasteiger partial charge in [-0.05, 0) is 43.9 Å². The van der Waals surface area contributed by atoms with Gasteiger partial charge in [0.25, 0.3) is 0 Å². The van der Waals surface area contributed by atoms with Crippen molar-refractivity contribution in [3.05, 3.63) is 23.8 Å². The number of hydrogen-bond donors (Lipinski definition) is 2. The van der Waals surface area contributed by atoms with Gasteiger partial charge in [-0.25, -0.2) is 0 Å². The average molecular weight is 294 g/mol. The zero-order valence-electron chi connectivity index (χ0n) is 13.1. The highest BCUT2D eigenvalue weighted by Gasteiger charge is 2.32. The van der Waals surface area contributed by atoms with Crippen molar-refractivity contribution in [1.29, 1.82) is 0 Å². The van der Waals surface area contributed by atoms with Gasteiger partial charge in [0.1, 0.15) is 0 Å². The molecule has 1 aliphatic heterocycles. The van der Waals surface area contributed by atoms with Crippen molar-refractivity contribution in [2.24, 2.45) is 11.8 Å². The van der Waals surface area contributed by atoms with Crippen molar-refractivity contribution in [3.63, 3.8) is 0 Å². The third-order valence-electron chi connectivity index (χ3n) is 3.88. The summed E-state index contributed by atoms with van der Waals surface area (Å²) in [5, 5.41) is 0. The molecule has 0 aliphatic carbocycles. The molecule has 3 unspecified atom stereocenters. The molecule has 2 rings (SSSR count). The fourth-order valence-corrected chi connectivity index (χ4v) is 2.79. The molecule has 1 aromatic rings. The molecule has 21 heavy (non-hydrogen) atoms. The Labute approximate surface area is 126 Å². The van der Waals surface area contributed by atoms with Crippen LogP contribution in [0.4, 0.5) is 0 Å². The van der Waals surface area contributed by atoms with E-state index in [4.69, 9.17) is 20.1 Å². The van der Waals surface area contributed by atoms with Crippen LogP contribution < -0.4 is 20.7 Å². The van der Waals surface area contributed by atoms with Crippen LogP contribution in [0.1, 0.15) is 38.8 Å². The van der Waals surface area contributed by atoms with Crippen molar-refractivity contribution >= 4 is 0 Å². The molecule has 1 saturated heterocycles. The Morgan fingerprint density at radius 1 is 1.29 bits per heavy atom. The van der Waals surface area contributed by atoms with Crippen LogP contribution in [-0.2, 0) is 4.74 Å². The molecule has 0 saturated carbocycles. The molecule has 0 spiro atoms. The van der Waals surface area contributed by atoms with Gasteiger partial charge in [0.05, 0.1) is 25.4 Å². The Kier molecular flexibility index (Phi) is 5.85. The SMILES string of the molecule is CCOc1ccc(C(NN)C2OCCC2C)cc1OCC. The van der Waals surface area contributed by atoms with Gasteiger partial charge in [0, 0.05) is 6.61 Å². The van der Waals surface area contributed by atoms with Crippen LogP contribution >= 0.6 is 0 Å². The predicted octanol–water partition coefficient (Wildman–Crippen LogP) is 2.41. The summed E-state index contributed by atoms with van der Waals surface area (Å²) in [7, 11) is 0. The first-order valence-corrected chi connectivity index (χ1v) is 7.68. The molecule has 118 valence electrons. The summed E-state index contributed by atoms with van der Waals surface area (Å²) in [5.74, 6) is 7.76. The maximum absolute atomic E-state index is 5.84. The van der Waals surface area contributed by atoms with Crippen LogP contribution in [-0.4, -0.2) is 25.9 Å². The fraction of sp³-hybridized carbons (Fsp3) is 0.625. The molecule has 0 radical (unpaired) electrons. The van der Waals surface area contributed by atoms with Crippen molar-refractivity contribution in [1.82, 2.24) is 5.43 Å². The molecule has 5 heteroatoms. The molecule has 3 atom stereocenters. The Bertz CT molecular complexity index is 453. The highest BCUT2D eigenvalue weighted by atomic mass is 16.5. The van der Waals surface area contributed by atoms with Crippen LogP contribution in [0.5, 0.6) is 11.5 Å². The summed E-state index contributed by atoms with van der Waals surface area (Å²) >= 11 is 0. The molecular formula is C16H26N2O3. The number of benzene rings is 1. The maximum Gasteiger partial charge on any atom is 0.161 e. The molecular weight excluding hydrogens is 268 g/mol. The number of nitrogens with one attached hydrogen (secondary N) is 1. The number of rotatable bonds is 7. The quantitative estimate of drug-likeness (QED) is 0.597. The van der Waals surface area contributed by atoms with Crippen LogP contribution in [0.25, 0.3) is 0 Å². The van der Waals surface area contributed by atoms with E-state index >= 15 is 0 Å². The largest absolute Gasteiger partial charge is 0.490 e. The van der Waals surface area contributed by atoms with E-state index in [0.29, 0.717) is 19.1 Å². The molecule has 1 aromatic carbocycles. The minimum Gasteiger partial charge on any atom is -0.490 e. The van der Waals surface area contributed by atoms with Crippen LogP contribution in [0, 0.1) is 5.92 Å². The lowest BCUT2D eigenvalue weighted by Crippen LogP contribution is -2.38. The lowest BCUT2D eigenvalue weighted by molar-refractivity contribution is 0.0606. The second-order valence-corrected chi connectivity index (χ2v) is 5.32. The highest BCUT2D eigenvalue weighted by molar-refractivity contribution is 5.44. The summed E-state index contributed by atoms with van der Waals surface area (Å²) in [4.78, 5) is 0. The van der Waals surface area contributed by atoms with E-state index in [0.717, 1.165) is 30.1 Å². The van der Waals surface area contributed by atoms with E-state index < -0.39 is 0 Å². The van der Waals surface area contributed by atoms with Gasteiger partial charge in [-0.2, -0.15) is 0 Å². The number of hydrazine groups is 1. The van der Waals surface area contributed by atoms with E-state index in [2.05, 4.69) is 12.3 Å². The molecule has 1 fully saturated rings. The number of ether oxygens (including phenoxy) is 3. The Balaban J connectivity index is 2.26. The zero-order valence-corrected chi connectivity index (χ0v) is 13.1. The first kappa shape index (κ1) is 16.1. The zero-order chi connectivity index (χ0) is 15.2. The Morgan fingerprint density at radius 3 is 2.57 bits per heavy atom. The van der Waals surface area contributed by atoms with Gasteiger partial charge >= 0.3 is 0 Å².